The van der Waals surface area contributed by atoms with Gasteiger partial charge in [0.25, 0.3) is 11.8 Å². The maximum absolute atomic E-state index is 13.1. The summed E-state index contributed by atoms with van der Waals surface area (Å²) >= 11 is 8.18. The van der Waals surface area contributed by atoms with Gasteiger partial charge in [-0.15, -0.1) is 0 Å². The van der Waals surface area contributed by atoms with Crippen molar-refractivity contribution in [2.45, 2.75) is 56.0 Å². The number of fused-ring (bicyclic) bond motifs is 1. The highest BCUT2D eigenvalue weighted by Crippen LogP contribution is 2.34. The average Bonchev–Trinajstić information content (AvgIpc) is 3.81. The predicted molar refractivity (Wildman–Crippen MR) is 178 cm³/mol. The van der Waals surface area contributed by atoms with Crippen molar-refractivity contribution in [3.05, 3.63) is 52.9 Å². The van der Waals surface area contributed by atoms with Crippen LogP contribution in [0.2, 0.25) is 5.02 Å². The smallest absolute Gasteiger partial charge is 0.260 e. The number of hydrogen-bond donors (Lipinski definition) is 2. The maximum atomic E-state index is 13.1. The van der Waals surface area contributed by atoms with Gasteiger partial charge in [-0.3, -0.25) is 33.5 Å². The Labute approximate surface area is 286 Å². The van der Waals surface area contributed by atoms with Crippen molar-refractivity contribution in [2.24, 2.45) is 7.05 Å². The quantitative estimate of drug-likeness (QED) is 0.251. The van der Waals surface area contributed by atoms with E-state index in [9.17, 15) is 19.2 Å². The van der Waals surface area contributed by atoms with E-state index in [0.717, 1.165) is 37.9 Å². The fraction of sp³-hybridized carbons (Fsp3) is 0.469. The molecule has 2 unspecified atom stereocenters. The monoisotopic (exact) mass is 693 g/mol. The van der Waals surface area contributed by atoms with Crippen LogP contribution >= 0.6 is 23.5 Å². The SMILES string of the molecule is Cn1cc(-c2nc(NC3CCN(SC4CCN(C(=O)COc5cccc6c5CN(C5CCC(=O)NC5=O)C6=O)C4)CC3)ncc2Cl)cn1. The topological polar surface area (TPSA) is 155 Å². The Kier molecular flexibility index (Phi) is 9.25. The minimum Gasteiger partial charge on any atom is -0.483 e. The lowest BCUT2D eigenvalue weighted by Crippen LogP contribution is -2.52. The molecule has 6 heterocycles. The van der Waals surface area contributed by atoms with Crippen molar-refractivity contribution in [3.63, 3.8) is 0 Å². The lowest BCUT2D eigenvalue weighted by Gasteiger charge is -2.33. The number of aryl methyl sites for hydroxylation is 1. The van der Waals surface area contributed by atoms with Crippen molar-refractivity contribution in [3.8, 4) is 17.0 Å². The van der Waals surface area contributed by atoms with Gasteiger partial charge in [0.2, 0.25) is 17.8 Å². The number of rotatable bonds is 9. The van der Waals surface area contributed by atoms with Crippen LogP contribution in [0.3, 0.4) is 0 Å². The molecule has 48 heavy (non-hydrogen) atoms. The number of imide groups is 1. The number of halogens is 1. The average molecular weight is 694 g/mol. The van der Waals surface area contributed by atoms with Crippen LogP contribution in [0.4, 0.5) is 5.95 Å². The first-order valence-electron chi connectivity index (χ1n) is 16.1. The summed E-state index contributed by atoms with van der Waals surface area (Å²) in [4.78, 5) is 62.6. The van der Waals surface area contributed by atoms with E-state index in [0.29, 0.717) is 51.9 Å². The number of piperidine rings is 2. The number of aromatic nitrogens is 4. The third kappa shape index (κ3) is 6.84. The van der Waals surface area contributed by atoms with Gasteiger partial charge >= 0.3 is 0 Å². The van der Waals surface area contributed by atoms with Crippen molar-refractivity contribution >= 4 is 53.1 Å². The van der Waals surface area contributed by atoms with E-state index in [4.69, 9.17) is 16.3 Å². The first kappa shape index (κ1) is 32.3. The molecule has 0 saturated carbocycles. The molecule has 16 heteroatoms. The second-order valence-electron chi connectivity index (χ2n) is 12.5. The zero-order chi connectivity index (χ0) is 33.4. The highest BCUT2D eigenvalue weighted by molar-refractivity contribution is 7.97. The van der Waals surface area contributed by atoms with Gasteiger partial charge in [0.05, 0.1) is 29.7 Å². The molecule has 14 nitrogen and oxygen atoms in total. The minimum atomic E-state index is -0.707. The molecule has 0 spiro atoms. The molecular formula is C32H36ClN9O5S. The number of carbonyl (C=O) groups excluding carboxylic acids is 4. The second-order valence-corrected chi connectivity index (χ2v) is 14.3. The number of ether oxygens (including phenoxy) is 1. The zero-order valence-electron chi connectivity index (χ0n) is 26.4. The molecule has 0 radical (unpaired) electrons. The Morgan fingerprint density at radius 1 is 1.12 bits per heavy atom. The van der Waals surface area contributed by atoms with Crippen molar-refractivity contribution in [1.29, 1.82) is 0 Å². The van der Waals surface area contributed by atoms with Crippen molar-refractivity contribution in [1.82, 2.24) is 39.2 Å². The molecule has 3 aromatic rings. The summed E-state index contributed by atoms with van der Waals surface area (Å²) in [6, 6.07) is 4.70. The molecule has 4 aliphatic heterocycles. The van der Waals surface area contributed by atoms with Crippen molar-refractivity contribution in [2.75, 3.05) is 38.1 Å². The predicted octanol–water partition coefficient (Wildman–Crippen LogP) is 2.50. The van der Waals surface area contributed by atoms with Crippen LogP contribution in [0.15, 0.2) is 36.8 Å². The number of nitrogens with zero attached hydrogens (tertiary/aromatic N) is 7. The Bertz CT molecular complexity index is 1750. The molecule has 3 saturated heterocycles. The summed E-state index contributed by atoms with van der Waals surface area (Å²) < 4.78 is 10.1. The van der Waals surface area contributed by atoms with Crippen molar-refractivity contribution < 1.29 is 23.9 Å². The molecule has 7 rings (SSSR count). The number of anilines is 1. The summed E-state index contributed by atoms with van der Waals surface area (Å²) in [7, 11) is 1.85. The molecule has 2 aromatic heterocycles. The minimum absolute atomic E-state index is 0.0985. The summed E-state index contributed by atoms with van der Waals surface area (Å²) in [6.07, 6.45) is 8.48. The van der Waals surface area contributed by atoms with E-state index in [1.54, 1.807) is 35.3 Å². The number of amides is 4. The Balaban J connectivity index is 0.864. The van der Waals surface area contributed by atoms with Gasteiger partial charge in [0, 0.05) is 73.8 Å². The van der Waals surface area contributed by atoms with E-state index in [1.165, 1.54) is 4.90 Å². The highest BCUT2D eigenvalue weighted by Gasteiger charge is 2.40. The fourth-order valence-corrected chi connectivity index (χ4v) is 8.15. The van der Waals surface area contributed by atoms with Crippen LogP contribution in [-0.2, 0) is 28.0 Å². The standard InChI is InChI=1S/C32H36ClN9O5S/c1-39-15-19(13-35-39)29-24(33)14-34-32(38-29)36-20-7-11-41(12-8-20)48-21-9-10-40(16-21)28(44)18-47-26-4-2-3-22-23(26)17-42(31(22)46)25-5-6-27(43)37-30(25)45/h2-4,13-15,20-21,25H,5-12,16-18H2,1H3,(H,34,36,38)(H,37,43,45). The van der Waals surface area contributed by atoms with Gasteiger partial charge in [-0.1, -0.05) is 29.6 Å². The van der Waals surface area contributed by atoms with E-state index in [-0.39, 0.29) is 49.8 Å². The van der Waals surface area contributed by atoms with E-state index in [2.05, 4.69) is 30.0 Å². The Morgan fingerprint density at radius 3 is 2.73 bits per heavy atom. The summed E-state index contributed by atoms with van der Waals surface area (Å²) in [5, 5.41) is 10.8. The molecule has 4 aliphatic rings. The molecule has 2 N–H and O–H groups in total. The van der Waals surface area contributed by atoms with Crippen LogP contribution < -0.4 is 15.4 Å². The number of carbonyl (C=O) groups is 4. The first-order chi connectivity index (χ1) is 23.2. The third-order valence-electron chi connectivity index (χ3n) is 9.20. The molecule has 3 fully saturated rings. The van der Waals surface area contributed by atoms with Gasteiger partial charge in [-0.25, -0.2) is 9.97 Å². The lowest BCUT2D eigenvalue weighted by atomic mass is 10.0. The molecule has 252 valence electrons. The first-order valence-corrected chi connectivity index (χ1v) is 17.3. The maximum Gasteiger partial charge on any atom is 0.260 e. The summed E-state index contributed by atoms with van der Waals surface area (Å²) in [5.41, 5.74) is 2.61. The molecular weight excluding hydrogens is 658 g/mol. The molecule has 1 aromatic carbocycles. The number of benzene rings is 1. The normalized spacial score (nSPS) is 21.8. The van der Waals surface area contributed by atoms with Gasteiger partial charge in [0.1, 0.15) is 11.8 Å². The Hall–Kier alpha value is -4.21. The van der Waals surface area contributed by atoms with Gasteiger partial charge in [-0.05, 0) is 37.8 Å². The highest BCUT2D eigenvalue weighted by atomic mass is 35.5. The van der Waals surface area contributed by atoms with Crippen LogP contribution in [0.1, 0.15) is 48.0 Å². The summed E-state index contributed by atoms with van der Waals surface area (Å²) in [6.45, 7) is 3.19. The number of nitrogens with one attached hydrogen (secondary N) is 2. The Morgan fingerprint density at radius 2 is 1.96 bits per heavy atom. The lowest BCUT2D eigenvalue weighted by molar-refractivity contribution is -0.137. The summed E-state index contributed by atoms with van der Waals surface area (Å²) in [5.74, 6) is -0.152. The largest absolute Gasteiger partial charge is 0.483 e. The zero-order valence-corrected chi connectivity index (χ0v) is 28.0. The van der Waals surface area contributed by atoms with Gasteiger partial charge in [-0.2, -0.15) is 5.10 Å². The van der Waals surface area contributed by atoms with E-state index < -0.39 is 11.9 Å². The fourth-order valence-electron chi connectivity index (χ4n) is 6.65. The number of hydrogen-bond acceptors (Lipinski definition) is 11. The second kappa shape index (κ2) is 13.7. The molecule has 4 amide bonds. The van der Waals surface area contributed by atoms with Crippen LogP contribution in [-0.4, -0.2) is 108 Å². The van der Waals surface area contributed by atoms with Crippen LogP contribution in [0.25, 0.3) is 11.3 Å². The molecule has 0 bridgehead atoms. The molecule has 2 atom stereocenters. The van der Waals surface area contributed by atoms with Gasteiger partial charge < -0.3 is 19.9 Å². The van der Waals surface area contributed by atoms with Gasteiger partial charge in [0.15, 0.2) is 6.61 Å². The molecule has 0 aliphatic carbocycles. The third-order valence-corrected chi connectivity index (χ3v) is 10.8. The van der Waals surface area contributed by atoms with Crippen LogP contribution in [0.5, 0.6) is 5.75 Å². The van der Waals surface area contributed by atoms with Crippen LogP contribution in [0, 0.1) is 0 Å². The van der Waals surface area contributed by atoms with E-state index in [1.807, 2.05) is 30.1 Å². The van der Waals surface area contributed by atoms with E-state index >= 15 is 0 Å². The number of likely N-dealkylation sites (tertiary alicyclic amines) is 1.